The number of hydrogen-bond donors (Lipinski definition) is 1. The van der Waals surface area contributed by atoms with Gasteiger partial charge in [0.05, 0.1) is 17.8 Å². The van der Waals surface area contributed by atoms with E-state index in [1.54, 1.807) is 6.08 Å². The highest BCUT2D eigenvalue weighted by Crippen LogP contribution is 2.62. The molecule has 3 rings (SSSR count). The quantitative estimate of drug-likeness (QED) is 0.617. The summed E-state index contributed by atoms with van der Waals surface area (Å²) in [6.07, 6.45) is 10.8. The third-order valence-electron chi connectivity index (χ3n) is 6.94. The molecule has 1 aliphatic heterocycles. The van der Waals surface area contributed by atoms with Crippen molar-refractivity contribution in [3.63, 3.8) is 0 Å². The van der Waals surface area contributed by atoms with Crippen LogP contribution in [0, 0.1) is 28.6 Å². The van der Waals surface area contributed by atoms with Crippen molar-refractivity contribution in [2.75, 3.05) is 0 Å². The fourth-order valence-corrected chi connectivity index (χ4v) is 5.78. The van der Waals surface area contributed by atoms with Crippen LogP contribution >= 0.6 is 0 Å². The summed E-state index contributed by atoms with van der Waals surface area (Å²) in [6, 6.07) is 0. The van der Waals surface area contributed by atoms with Crippen molar-refractivity contribution < 1.29 is 19.4 Å². The van der Waals surface area contributed by atoms with Crippen molar-refractivity contribution in [3.05, 3.63) is 24.0 Å². The fourth-order valence-electron chi connectivity index (χ4n) is 5.78. The minimum absolute atomic E-state index is 0.0202. The predicted octanol–water partition coefficient (Wildman–Crippen LogP) is 4.32. The first-order valence-corrected chi connectivity index (χ1v) is 9.06. The number of fused-ring (bicyclic) bond motifs is 1. The molecule has 0 unspecified atom stereocenters. The number of allylic oxidation sites excluding steroid dienone is 1. The Morgan fingerprint density at radius 3 is 2.71 bits per heavy atom. The summed E-state index contributed by atoms with van der Waals surface area (Å²) in [5.41, 5.74) is 0.834. The molecule has 0 aromatic heterocycles. The van der Waals surface area contributed by atoms with Gasteiger partial charge in [-0.3, -0.25) is 4.79 Å². The fraction of sp³-hybridized carbons (Fsp3) is 0.700. The summed E-state index contributed by atoms with van der Waals surface area (Å²) < 4.78 is 4.84. The second-order valence-corrected chi connectivity index (χ2v) is 8.63. The highest BCUT2D eigenvalue weighted by molar-refractivity contribution is 5.94. The summed E-state index contributed by atoms with van der Waals surface area (Å²) in [7, 11) is 0. The highest BCUT2D eigenvalue weighted by atomic mass is 16.5. The SMILES string of the molecule is CC1(C)CCC[C@]2(C)[C@@H](C/C=C3\C=COC3=O)[C@@H](C(=O)O)CC[C@@H]12. The second-order valence-electron chi connectivity index (χ2n) is 8.63. The normalized spacial score (nSPS) is 39.5. The largest absolute Gasteiger partial charge is 0.481 e. The van der Waals surface area contributed by atoms with E-state index in [0.29, 0.717) is 17.9 Å². The zero-order valence-corrected chi connectivity index (χ0v) is 14.9. The van der Waals surface area contributed by atoms with Gasteiger partial charge in [-0.25, -0.2) is 4.79 Å². The van der Waals surface area contributed by atoms with Gasteiger partial charge in [0.25, 0.3) is 0 Å². The van der Waals surface area contributed by atoms with E-state index in [-0.39, 0.29) is 28.6 Å². The molecule has 24 heavy (non-hydrogen) atoms. The van der Waals surface area contributed by atoms with Crippen LogP contribution in [-0.2, 0) is 14.3 Å². The minimum atomic E-state index is -0.689. The first-order valence-electron chi connectivity index (χ1n) is 9.06. The first-order chi connectivity index (χ1) is 11.3. The maximum absolute atomic E-state index is 11.9. The lowest BCUT2D eigenvalue weighted by Crippen LogP contribution is -2.52. The summed E-state index contributed by atoms with van der Waals surface area (Å²) in [4.78, 5) is 23.5. The molecule has 2 fully saturated rings. The molecule has 0 aromatic carbocycles. The predicted molar refractivity (Wildman–Crippen MR) is 91.0 cm³/mol. The number of carbonyl (C=O) groups excluding carboxylic acids is 1. The van der Waals surface area contributed by atoms with Gasteiger partial charge in [0.2, 0.25) is 0 Å². The molecule has 4 heteroatoms. The standard InChI is InChI=1S/C20H28O4/c1-19(2)10-4-11-20(3)15(7-5-13-9-12-24-18(13)23)14(17(21)22)6-8-16(19)20/h5,9,12,14-16H,4,6-8,10-11H2,1-3H3,(H,21,22)/b13-5+/t14-,15-,16-,20+/m0/s1. The van der Waals surface area contributed by atoms with E-state index in [0.717, 1.165) is 25.7 Å². The second kappa shape index (κ2) is 6.05. The molecule has 0 spiro atoms. The van der Waals surface area contributed by atoms with Crippen LogP contribution in [-0.4, -0.2) is 17.0 Å². The molecule has 1 N–H and O–H groups in total. The average Bonchev–Trinajstić information content (AvgIpc) is 2.89. The van der Waals surface area contributed by atoms with Crippen LogP contribution in [0.1, 0.15) is 59.3 Å². The van der Waals surface area contributed by atoms with E-state index in [1.165, 1.54) is 12.7 Å². The van der Waals surface area contributed by atoms with Crippen molar-refractivity contribution in [1.29, 1.82) is 0 Å². The third-order valence-corrected chi connectivity index (χ3v) is 6.94. The molecule has 0 aromatic rings. The van der Waals surface area contributed by atoms with Gasteiger partial charge in [0, 0.05) is 0 Å². The Labute approximate surface area is 144 Å². The number of ether oxygens (including phenoxy) is 1. The Morgan fingerprint density at radius 1 is 1.33 bits per heavy atom. The maximum Gasteiger partial charge on any atom is 0.342 e. The Morgan fingerprint density at radius 2 is 2.08 bits per heavy atom. The topological polar surface area (TPSA) is 63.6 Å². The molecular formula is C20H28O4. The number of hydrogen-bond acceptors (Lipinski definition) is 3. The Kier molecular flexibility index (Phi) is 4.35. The van der Waals surface area contributed by atoms with Gasteiger partial charge in [-0.15, -0.1) is 0 Å². The van der Waals surface area contributed by atoms with Crippen LogP contribution in [0.3, 0.4) is 0 Å². The van der Waals surface area contributed by atoms with Gasteiger partial charge in [0.1, 0.15) is 0 Å². The Bertz CT molecular complexity index is 601. The van der Waals surface area contributed by atoms with Gasteiger partial charge in [-0.05, 0) is 60.8 Å². The molecule has 0 amide bonds. The zero-order chi connectivity index (χ0) is 17.5. The monoisotopic (exact) mass is 332 g/mol. The van der Waals surface area contributed by atoms with E-state index in [1.807, 2.05) is 6.08 Å². The molecule has 4 nitrogen and oxygen atoms in total. The Hall–Kier alpha value is -1.58. The molecule has 2 aliphatic carbocycles. The van der Waals surface area contributed by atoms with E-state index in [4.69, 9.17) is 4.74 Å². The molecule has 0 radical (unpaired) electrons. The van der Waals surface area contributed by atoms with E-state index in [9.17, 15) is 14.7 Å². The lowest BCUT2D eigenvalue weighted by Gasteiger charge is -2.58. The summed E-state index contributed by atoms with van der Waals surface area (Å²) >= 11 is 0. The smallest absolute Gasteiger partial charge is 0.342 e. The average molecular weight is 332 g/mol. The number of rotatable bonds is 3. The van der Waals surface area contributed by atoms with Crippen molar-refractivity contribution in [1.82, 2.24) is 0 Å². The maximum atomic E-state index is 11.9. The van der Waals surface area contributed by atoms with Crippen LogP contribution in [0.4, 0.5) is 0 Å². The lowest BCUT2D eigenvalue weighted by molar-refractivity contribution is -0.157. The zero-order valence-electron chi connectivity index (χ0n) is 14.9. The summed E-state index contributed by atoms with van der Waals surface area (Å²) in [5.74, 6) is -0.723. The molecular weight excluding hydrogens is 304 g/mol. The van der Waals surface area contributed by atoms with Crippen LogP contribution in [0.2, 0.25) is 0 Å². The molecule has 0 bridgehead atoms. The molecule has 1 heterocycles. The summed E-state index contributed by atoms with van der Waals surface area (Å²) in [5, 5.41) is 9.76. The molecule has 4 atom stereocenters. The van der Waals surface area contributed by atoms with E-state index >= 15 is 0 Å². The summed E-state index contributed by atoms with van der Waals surface area (Å²) in [6.45, 7) is 6.96. The molecule has 132 valence electrons. The van der Waals surface area contributed by atoms with Crippen LogP contribution in [0.15, 0.2) is 24.0 Å². The number of cyclic esters (lactones) is 1. The number of carboxylic acids is 1. The third kappa shape index (κ3) is 2.80. The van der Waals surface area contributed by atoms with Gasteiger partial charge in [-0.2, -0.15) is 0 Å². The molecule has 2 saturated carbocycles. The highest BCUT2D eigenvalue weighted by Gasteiger charge is 2.55. The van der Waals surface area contributed by atoms with E-state index in [2.05, 4.69) is 20.8 Å². The van der Waals surface area contributed by atoms with Gasteiger partial charge in [-0.1, -0.05) is 33.3 Å². The van der Waals surface area contributed by atoms with Crippen LogP contribution in [0.5, 0.6) is 0 Å². The number of carboxylic acid groups (broad SMARTS) is 1. The number of esters is 1. The first kappa shape index (κ1) is 17.2. The van der Waals surface area contributed by atoms with Crippen molar-refractivity contribution in [2.45, 2.75) is 59.3 Å². The van der Waals surface area contributed by atoms with Crippen molar-refractivity contribution in [3.8, 4) is 0 Å². The lowest BCUT2D eigenvalue weighted by atomic mass is 9.46. The van der Waals surface area contributed by atoms with E-state index < -0.39 is 5.97 Å². The van der Waals surface area contributed by atoms with Gasteiger partial charge < -0.3 is 9.84 Å². The Balaban J connectivity index is 1.92. The molecule has 3 aliphatic rings. The van der Waals surface area contributed by atoms with Crippen molar-refractivity contribution >= 4 is 11.9 Å². The number of aliphatic carboxylic acids is 1. The van der Waals surface area contributed by atoms with Crippen LogP contribution in [0.25, 0.3) is 0 Å². The number of carbonyl (C=O) groups is 2. The van der Waals surface area contributed by atoms with Crippen LogP contribution < -0.4 is 0 Å². The molecule has 0 saturated heterocycles. The van der Waals surface area contributed by atoms with Crippen molar-refractivity contribution in [2.24, 2.45) is 28.6 Å². The minimum Gasteiger partial charge on any atom is -0.481 e. The van der Waals surface area contributed by atoms with Gasteiger partial charge >= 0.3 is 11.9 Å². The van der Waals surface area contributed by atoms with Gasteiger partial charge in [0.15, 0.2) is 0 Å².